The normalized spacial score (nSPS) is 13.5. The SMILES string of the molecule is Cc1ncsc1CNC(C)CC(C)C. The van der Waals surface area contributed by atoms with Crippen molar-refractivity contribution in [2.45, 2.75) is 46.7 Å². The molecular weight excluding hydrogens is 192 g/mol. The van der Waals surface area contributed by atoms with E-state index in [1.54, 1.807) is 11.3 Å². The lowest BCUT2D eigenvalue weighted by molar-refractivity contribution is 0.442. The van der Waals surface area contributed by atoms with E-state index in [2.05, 4.69) is 38.0 Å². The molecule has 0 amide bonds. The van der Waals surface area contributed by atoms with Gasteiger partial charge in [-0.05, 0) is 26.2 Å². The molecule has 2 nitrogen and oxygen atoms in total. The van der Waals surface area contributed by atoms with Crippen molar-refractivity contribution in [1.82, 2.24) is 10.3 Å². The highest BCUT2D eigenvalue weighted by Crippen LogP contribution is 2.12. The fraction of sp³-hybridized carbons (Fsp3) is 0.727. The number of aromatic nitrogens is 1. The van der Waals surface area contributed by atoms with Crippen LogP contribution in [0.15, 0.2) is 5.51 Å². The summed E-state index contributed by atoms with van der Waals surface area (Å²) in [6.45, 7) is 9.80. The van der Waals surface area contributed by atoms with Gasteiger partial charge in [-0.2, -0.15) is 0 Å². The minimum atomic E-state index is 0.594. The molecule has 0 aromatic carbocycles. The van der Waals surface area contributed by atoms with Crippen LogP contribution < -0.4 is 5.32 Å². The molecule has 1 atom stereocenters. The van der Waals surface area contributed by atoms with E-state index >= 15 is 0 Å². The van der Waals surface area contributed by atoms with Crippen LogP contribution in [-0.2, 0) is 6.54 Å². The number of nitrogens with zero attached hydrogens (tertiary/aromatic N) is 1. The van der Waals surface area contributed by atoms with Crippen LogP contribution >= 0.6 is 11.3 Å². The molecule has 14 heavy (non-hydrogen) atoms. The molecule has 0 bridgehead atoms. The zero-order valence-corrected chi connectivity index (χ0v) is 10.3. The van der Waals surface area contributed by atoms with Gasteiger partial charge < -0.3 is 5.32 Å². The van der Waals surface area contributed by atoms with Crippen LogP contribution in [0.3, 0.4) is 0 Å². The number of aryl methyl sites for hydroxylation is 1. The Kier molecular flexibility index (Phi) is 4.55. The van der Waals surface area contributed by atoms with Gasteiger partial charge >= 0.3 is 0 Å². The summed E-state index contributed by atoms with van der Waals surface area (Å²) in [7, 11) is 0. The summed E-state index contributed by atoms with van der Waals surface area (Å²) >= 11 is 1.74. The summed E-state index contributed by atoms with van der Waals surface area (Å²) in [5.74, 6) is 0.764. The van der Waals surface area contributed by atoms with Gasteiger partial charge in [0.15, 0.2) is 0 Å². The summed E-state index contributed by atoms with van der Waals surface area (Å²) in [6.07, 6.45) is 1.23. The molecule has 0 fully saturated rings. The molecule has 80 valence electrons. The van der Waals surface area contributed by atoms with Crippen LogP contribution in [0.2, 0.25) is 0 Å². The van der Waals surface area contributed by atoms with Crippen molar-refractivity contribution in [1.29, 1.82) is 0 Å². The molecule has 0 aliphatic carbocycles. The molecule has 1 aromatic heterocycles. The number of hydrogen-bond donors (Lipinski definition) is 1. The molecule has 0 spiro atoms. The van der Waals surface area contributed by atoms with E-state index in [0.29, 0.717) is 6.04 Å². The van der Waals surface area contributed by atoms with Crippen LogP contribution in [-0.4, -0.2) is 11.0 Å². The molecule has 1 unspecified atom stereocenters. The second-order valence-corrected chi connectivity index (χ2v) is 5.21. The fourth-order valence-electron chi connectivity index (χ4n) is 1.55. The number of hydrogen-bond acceptors (Lipinski definition) is 3. The van der Waals surface area contributed by atoms with E-state index in [4.69, 9.17) is 0 Å². The van der Waals surface area contributed by atoms with E-state index in [-0.39, 0.29) is 0 Å². The maximum atomic E-state index is 4.23. The maximum Gasteiger partial charge on any atom is 0.0798 e. The first kappa shape index (κ1) is 11.7. The van der Waals surface area contributed by atoms with Crippen LogP contribution in [0.1, 0.15) is 37.8 Å². The van der Waals surface area contributed by atoms with Gasteiger partial charge in [-0.25, -0.2) is 4.98 Å². The zero-order valence-electron chi connectivity index (χ0n) is 9.50. The van der Waals surface area contributed by atoms with E-state index in [1.807, 2.05) is 5.51 Å². The zero-order chi connectivity index (χ0) is 10.6. The number of thiazole rings is 1. The first-order valence-corrected chi connectivity index (χ1v) is 6.10. The van der Waals surface area contributed by atoms with Gasteiger partial charge in [0, 0.05) is 17.5 Å². The third-order valence-corrected chi connectivity index (χ3v) is 3.22. The monoisotopic (exact) mass is 212 g/mol. The Morgan fingerprint density at radius 1 is 1.43 bits per heavy atom. The van der Waals surface area contributed by atoms with E-state index < -0.39 is 0 Å². The molecule has 0 saturated heterocycles. The molecule has 1 heterocycles. The molecule has 0 aliphatic heterocycles. The Morgan fingerprint density at radius 3 is 2.64 bits per heavy atom. The predicted molar refractivity (Wildman–Crippen MR) is 62.6 cm³/mol. The lowest BCUT2D eigenvalue weighted by atomic mass is 10.1. The van der Waals surface area contributed by atoms with Crippen molar-refractivity contribution < 1.29 is 0 Å². The molecule has 0 saturated carbocycles. The van der Waals surface area contributed by atoms with Gasteiger partial charge in [0.05, 0.1) is 11.2 Å². The van der Waals surface area contributed by atoms with Crippen LogP contribution in [0, 0.1) is 12.8 Å². The van der Waals surface area contributed by atoms with Gasteiger partial charge in [-0.1, -0.05) is 13.8 Å². The quantitative estimate of drug-likeness (QED) is 0.811. The standard InChI is InChI=1S/C11H20N2S/c1-8(2)5-9(3)12-6-11-10(4)13-7-14-11/h7-9,12H,5-6H2,1-4H3. The minimum absolute atomic E-state index is 0.594. The third-order valence-electron chi connectivity index (χ3n) is 2.28. The second kappa shape index (κ2) is 5.47. The van der Waals surface area contributed by atoms with Crippen molar-refractivity contribution in [2.75, 3.05) is 0 Å². The lowest BCUT2D eigenvalue weighted by Crippen LogP contribution is -2.26. The Bertz CT molecular complexity index is 268. The fourth-order valence-corrected chi connectivity index (χ4v) is 2.28. The van der Waals surface area contributed by atoms with Gasteiger partial charge in [0.25, 0.3) is 0 Å². The Balaban J connectivity index is 2.30. The molecule has 3 heteroatoms. The van der Waals surface area contributed by atoms with Crippen LogP contribution in [0.5, 0.6) is 0 Å². The predicted octanol–water partition coefficient (Wildman–Crippen LogP) is 2.98. The first-order valence-electron chi connectivity index (χ1n) is 5.22. The highest BCUT2D eigenvalue weighted by atomic mass is 32.1. The molecular formula is C11H20N2S. The summed E-state index contributed by atoms with van der Waals surface area (Å²) in [6, 6.07) is 0.594. The van der Waals surface area contributed by atoms with Gasteiger partial charge in [-0.15, -0.1) is 11.3 Å². The van der Waals surface area contributed by atoms with Crippen molar-refractivity contribution in [3.8, 4) is 0 Å². The molecule has 0 aliphatic rings. The summed E-state index contributed by atoms with van der Waals surface area (Å²) in [5, 5.41) is 3.53. The highest BCUT2D eigenvalue weighted by molar-refractivity contribution is 7.09. The maximum absolute atomic E-state index is 4.23. The van der Waals surface area contributed by atoms with Crippen molar-refractivity contribution in [2.24, 2.45) is 5.92 Å². The van der Waals surface area contributed by atoms with Gasteiger partial charge in [-0.3, -0.25) is 0 Å². The largest absolute Gasteiger partial charge is 0.309 e. The summed E-state index contributed by atoms with van der Waals surface area (Å²) in [5.41, 5.74) is 3.08. The second-order valence-electron chi connectivity index (χ2n) is 4.27. The summed E-state index contributed by atoms with van der Waals surface area (Å²) < 4.78 is 0. The first-order chi connectivity index (χ1) is 6.59. The Morgan fingerprint density at radius 2 is 2.14 bits per heavy atom. The molecule has 1 N–H and O–H groups in total. The molecule has 0 radical (unpaired) electrons. The van der Waals surface area contributed by atoms with Crippen molar-refractivity contribution in [3.05, 3.63) is 16.1 Å². The lowest BCUT2D eigenvalue weighted by Gasteiger charge is -2.15. The van der Waals surface area contributed by atoms with E-state index in [9.17, 15) is 0 Å². The Labute approximate surface area is 90.8 Å². The van der Waals surface area contributed by atoms with Crippen LogP contribution in [0.25, 0.3) is 0 Å². The minimum Gasteiger partial charge on any atom is -0.309 e. The van der Waals surface area contributed by atoms with Crippen LogP contribution in [0.4, 0.5) is 0 Å². The number of nitrogens with one attached hydrogen (secondary N) is 1. The molecule has 1 rings (SSSR count). The summed E-state index contributed by atoms with van der Waals surface area (Å²) in [4.78, 5) is 5.60. The highest BCUT2D eigenvalue weighted by Gasteiger charge is 2.06. The average molecular weight is 212 g/mol. The van der Waals surface area contributed by atoms with Crippen molar-refractivity contribution in [3.63, 3.8) is 0 Å². The van der Waals surface area contributed by atoms with E-state index in [0.717, 1.165) is 12.5 Å². The Hall–Kier alpha value is -0.410. The average Bonchev–Trinajstić information content (AvgIpc) is 2.46. The smallest absolute Gasteiger partial charge is 0.0798 e. The van der Waals surface area contributed by atoms with Crippen molar-refractivity contribution >= 4 is 11.3 Å². The van der Waals surface area contributed by atoms with Gasteiger partial charge in [0.1, 0.15) is 0 Å². The third kappa shape index (κ3) is 3.76. The molecule has 1 aromatic rings. The number of rotatable bonds is 5. The van der Waals surface area contributed by atoms with Gasteiger partial charge in [0.2, 0.25) is 0 Å². The van der Waals surface area contributed by atoms with E-state index in [1.165, 1.54) is 17.0 Å². The topological polar surface area (TPSA) is 24.9 Å².